The molecule has 1 aliphatic rings. The highest BCUT2D eigenvalue weighted by Crippen LogP contribution is 2.33. The highest BCUT2D eigenvalue weighted by Gasteiger charge is 2.24. The van der Waals surface area contributed by atoms with Crippen molar-refractivity contribution in [2.45, 2.75) is 32.7 Å². The predicted molar refractivity (Wildman–Crippen MR) is 86.1 cm³/mol. The molecule has 4 nitrogen and oxygen atoms in total. The number of hydrogen-bond acceptors (Lipinski definition) is 2. The van der Waals surface area contributed by atoms with Crippen molar-refractivity contribution >= 4 is 38.5 Å². The van der Waals surface area contributed by atoms with Crippen LogP contribution in [-0.4, -0.2) is 19.6 Å². The zero-order chi connectivity index (χ0) is 13.6. The van der Waals surface area contributed by atoms with E-state index in [1.165, 1.54) is 24.0 Å². The van der Waals surface area contributed by atoms with E-state index in [0.29, 0.717) is 0 Å². The van der Waals surface area contributed by atoms with Gasteiger partial charge >= 0.3 is 0 Å². The minimum absolute atomic E-state index is 0.835. The first-order valence-electron chi connectivity index (χ1n) is 6.44. The highest BCUT2D eigenvalue weighted by molar-refractivity contribution is 14.1. The van der Waals surface area contributed by atoms with Gasteiger partial charge in [0, 0.05) is 37.3 Å². The average Bonchev–Trinajstić information content (AvgIpc) is 3.04. The summed E-state index contributed by atoms with van der Waals surface area (Å²) < 4.78 is 6.19. The molecule has 102 valence electrons. The Hall–Kier alpha value is -0.370. The SMILES string of the molecule is Cc1nn(CC2CC2)c(Br)c1Cc1cn(C)nc1I. The third-order valence-electron chi connectivity index (χ3n) is 3.53. The molecule has 19 heavy (non-hydrogen) atoms. The van der Waals surface area contributed by atoms with E-state index < -0.39 is 0 Å². The Balaban J connectivity index is 1.87. The first-order chi connectivity index (χ1) is 9.04. The molecule has 0 bridgehead atoms. The maximum atomic E-state index is 4.66. The molecule has 0 unspecified atom stereocenters. The van der Waals surface area contributed by atoms with Gasteiger partial charge in [-0.25, -0.2) is 0 Å². The Labute approximate surface area is 134 Å². The van der Waals surface area contributed by atoms with Gasteiger partial charge in [0.05, 0.1) is 5.69 Å². The van der Waals surface area contributed by atoms with Crippen LogP contribution in [0.4, 0.5) is 0 Å². The lowest BCUT2D eigenvalue weighted by Gasteiger charge is -2.02. The quantitative estimate of drug-likeness (QED) is 0.692. The van der Waals surface area contributed by atoms with Gasteiger partial charge in [-0.3, -0.25) is 9.36 Å². The summed E-state index contributed by atoms with van der Waals surface area (Å²) in [5, 5.41) is 9.06. The minimum atomic E-state index is 0.835. The molecular weight excluding hydrogens is 419 g/mol. The zero-order valence-corrected chi connectivity index (χ0v) is 14.8. The molecule has 2 heterocycles. The third-order valence-corrected chi connectivity index (χ3v) is 5.33. The van der Waals surface area contributed by atoms with Crippen molar-refractivity contribution in [3.8, 4) is 0 Å². The van der Waals surface area contributed by atoms with Gasteiger partial charge in [0.25, 0.3) is 0 Å². The molecule has 0 aliphatic heterocycles. The fourth-order valence-corrected chi connectivity index (χ4v) is 3.60. The Morgan fingerprint density at radius 3 is 2.74 bits per heavy atom. The Bertz CT molecular complexity index is 612. The lowest BCUT2D eigenvalue weighted by molar-refractivity contribution is 0.549. The molecule has 2 aromatic heterocycles. The maximum Gasteiger partial charge on any atom is 0.126 e. The summed E-state index contributed by atoms with van der Waals surface area (Å²) in [5.74, 6) is 0.835. The molecule has 2 aromatic rings. The van der Waals surface area contributed by atoms with Crippen LogP contribution < -0.4 is 0 Å². The van der Waals surface area contributed by atoms with Gasteiger partial charge in [0.1, 0.15) is 8.30 Å². The van der Waals surface area contributed by atoms with Gasteiger partial charge in [0.2, 0.25) is 0 Å². The second kappa shape index (κ2) is 5.20. The van der Waals surface area contributed by atoms with E-state index in [4.69, 9.17) is 0 Å². The van der Waals surface area contributed by atoms with Crippen LogP contribution in [0.5, 0.6) is 0 Å². The van der Waals surface area contributed by atoms with Crippen molar-refractivity contribution in [1.82, 2.24) is 19.6 Å². The standard InChI is InChI=1S/C13H16BrIN4/c1-8-11(5-10-7-18(2)17-13(10)15)12(14)19(16-8)6-9-3-4-9/h7,9H,3-6H2,1-2H3. The van der Waals surface area contributed by atoms with E-state index >= 15 is 0 Å². The maximum absolute atomic E-state index is 4.66. The van der Waals surface area contributed by atoms with E-state index in [1.807, 2.05) is 11.7 Å². The van der Waals surface area contributed by atoms with Crippen molar-refractivity contribution < 1.29 is 0 Å². The molecule has 0 N–H and O–H groups in total. The summed E-state index contributed by atoms with van der Waals surface area (Å²) >= 11 is 6.01. The Kier molecular flexibility index (Phi) is 3.72. The summed E-state index contributed by atoms with van der Waals surface area (Å²) in [7, 11) is 1.96. The van der Waals surface area contributed by atoms with Crippen LogP contribution in [0.3, 0.4) is 0 Å². The van der Waals surface area contributed by atoms with E-state index in [0.717, 1.165) is 32.9 Å². The van der Waals surface area contributed by atoms with Gasteiger partial charge in [-0.15, -0.1) is 0 Å². The van der Waals surface area contributed by atoms with Crippen LogP contribution in [0.25, 0.3) is 0 Å². The number of aryl methyl sites for hydroxylation is 2. The molecule has 1 fully saturated rings. The van der Waals surface area contributed by atoms with E-state index in [2.05, 4.69) is 66.5 Å². The molecule has 0 radical (unpaired) electrons. The molecule has 6 heteroatoms. The van der Waals surface area contributed by atoms with Crippen LogP contribution in [0, 0.1) is 16.5 Å². The van der Waals surface area contributed by atoms with Crippen LogP contribution in [-0.2, 0) is 20.0 Å². The number of nitrogens with zero attached hydrogens (tertiary/aromatic N) is 4. The van der Waals surface area contributed by atoms with Gasteiger partial charge in [-0.1, -0.05) is 0 Å². The first-order valence-corrected chi connectivity index (χ1v) is 8.31. The minimum Gasteiger partial charge on any atom is -0.274 e. The zero-order valence-electron chi connectivity index (χ0n) is 11.0. The summed E-state index contributed by atoms with van der Waals surface area (Å²) in [4.78, 5) is 0. The largest absolute Gasteiger partial charge is 0.274 e. The lowest BCUT2D eigenvalue weighted by atomic mass is 10.1. The van der Waals surface area contributed by atoms with E-state index in [9.17, 15) is 0 Å². The second-order valence-corrected chi connectivity index (χ2v) is 7.05. The van der Waals surface area contributed by atoms with Crippen LogP contribution >= 0.6 is 38.5 Å². The molecule has 0 aromatic carbocycles. The summed E-state index contributed by atoms with van der Waals surface area (Å²) in [5.41, 5.74) is 3.66. The highest BCUT2D eigenvalue weighted by atomic mass is 127. The smallest absolute Gasteiger partial charge is 0.126 e. The first kappa shape index (κ1) is 13.6. The summed E-state index contributed by atoms with van der Waals surface area (Å²) in [6.45, 7) is 3.14. The predicted octanol–water partition coefficient (Wildman–Crippen LogP) is 3.29. The Morgan fingerprint density at radius 1 is 1.42 bits per heavy atom. The van der Waals surface area contributed by atoms with Crippen LogP contribution in [0.15, 0.2) is 10.8 Å². The molecule has 1 aliphatic carbocycles. The van der Waals surface area contributed by atoms with Gasteiger partial charge in [-0.2, -0.15) is 10.2 Å². The summed E-state index contributed by atoms with van der Waals surface area (Å²) in [6.07, 6.45) is 5.68. The normalized spacial score (nSPS) is 15.2. The summed E-state index contributed by atoms with van der Waals surface area (Å²) in [6, 6.07) is 0. The average molecular weight is 435 g/mol. The number of rotatable bonds is 4. The lowest BCUT2D eigenvalue weighted by Crippen LogP contribution is -2.02. The molecule has 0 atom stereocenters. The monoisotopic (exact) mass is 434 g/mol. The van der Waals surface area contributed by atoms with Gasteiger partial charge < -0.3 is 0 Å². The molecular formula is C13H16BrIN4. The fraction of sp³-hybridized carbons (Fsp3) is 0.538. The number of halogens is 2. The van der Waals surface area contributed by atoms with Gasteiger partial charge in [-0.05, 0) is 64.2 Å². The van der Waals surface area contributed by atoms with Gasteiger partial charge in [0.15, 0.2) is 0 Å². The number of hydrogen-bond donors (Lipinski definition) is 0. The molecule has 0 amide bonds. The molecule has 3 rings (SSSR count). The van der Waals surface area contributed by atoms with Crippen molar-refractivity contribution in [2.75, 3.05) is 0 Å². The van der Waals surface area contributed by atoms with Crippen molar-refractivity contribution in [2.24, 2.45) is 13.0 Å². The number of aromatic nitrogens is 4. The Morgan fingerprint density at radius 2 is 2.16 bits per heavy atom. The molecule has 1 saturated carbocycles. The van der Waals surface area contributed by atoms with Crippen molar-refractivity contribution in [1.29, 1.82) is 0 Å². The van der Waals surface area contributed by atoms with Crippen LogP contribution in [0.2, 0.25) is 0 Å². The topological polar surface area (TPSA) is 35.6 Å². The van der Waals surface area contributed by atoms with Crippen LogP contribution in [0.1, 0.15) is 29.7 Å². The van der Waals surface area contributed by atoms with E-state index in [1.54, 1.807) is 0 Å². The molecule has 0 spiro atoms. The molecule has 0 saturated heterocycles. The third kappa shape index (κ3) is 2.89. The van der Waals surface area contributed by atoms with E-state index in [-0.39, 0.29) is 0 Å². The fourth-order valence-electron chi connectivity index (χ4n) is 2.28. The second-order valence-electron chi connectivity index (χ2n) is 5.28. The van der Waals surface area contributed by atoms with Crippen molar-refractivity contribution in [3.05, 3.63) is 31.3 Å². The van der Waals surface area contributed by atoms with Crippen molar-refractivity contribution in [3.63, 3.8) is 0 Å².